The normalized spacial score (nSPS) is 19.5. The van der Waals surface area contributed by atoms with Gasteiger partial charge in [-0.25, -0.2) is 8.42 Å². The van der Waals surface area contributed by atoms with Crippen LogP contribution in [0.15, 0.2) is 59.5 Å². The average molecular weight is 397 g/mol. The zero-order valence-corrected chi connectivity index (χ0v) is 17.2. The first-order valence-corrected chi connectivity index (χ1v) is 10.8. The van der Waals surface area contributed by atoms with Crippen molar-refractivity contribution in [2.45, 2.75) is 30.6 Å². The highest BCUT2D eigenvalue weighted by Gasteiger charge is 2.43. The number of hydrogen-bond donors (Lipinski definition) is 0. The minimum absolute atomic E-state index is 0.0227. The Morgan fingerprint density at radius 3 is 2.39 bits per heavy atom. The third kappa shape index (κ3) is 2.88. The number of nitrogens with zero attached hydrogens (tertiary/aromatic N) is 2. The molecule has 2 heterocycles. The molecule has 146 valence electrons. The lowest BCUT2D eigenvalue weighted by Crippen LogP contribution is -2.35. The second-order valence-corrected chi connectivity index (χ2v) is 9.81. The summed E-state index contributed by atoms with van der Waals surface area (Å²) in [5.74, 6) is -0.0227. The van der Waals surface area contributed by atoms with Gasteiger partial charge in [0.1, 0.15) is 0 Å². The molecular formula is C22H24N2O3S. The van der Waals surface area contributed by atoms with Gasteiger partial charge in [-0.1, -0.05) is 36.4 Å². The standard InChI is InChI=1S/C22H24N2O3S/c1-22(2)19-15-18(9-10-20(19)23(3)21(22)25)28(26,27)24-13-11-17(12-14-24)16-7-5-4-6-8-16/h4-11,15H,12-14H2,1-3H3. The van der Waals surface area contributed by atoms with E-state index in [1.165, 1.54) is 9.88 Å². The zero-order valence-electron chi connectivity index (χ0n) is 16.3. The van der Waals surface area contributed by atoms with Crippen molar-refractivity contribution < 1.29 is 13.2 Å². The zero-order chi connectivity index (χ0) is 20.1. The Hall–Kier alpha value is -2.44. The highest BCUT2D eigenvalue weighted by Crippen LogP contribution is 2.42. The molecule has 5 nitrogen and oxygen atoms in total. The summed E-state index contributed by atoms with van der Waals surface area (Å²) in [4.78, 5) is 14.3. The van der Waals surface area contributed by atoms with Crippen LogP contribution in [0, 0.1) is 0 Å². The molecule has 0 spiro atoms. The van der Waals surface area contributed by atoms with Crippen LogP contribution in [0.5, 0.6) is 0 Å². The van der Waals surface area contributed by atoms with Crippen LogP contribution >= 0.6 is 0 Å². The summed E-state index contributed by atoms with van der Waals surface area (Å²) in [6, 6.07) is 15.1. The summed E-state index contributed by atoms with van der Waals surface area (Å²) in [6.45, 7) is 4.47. The molecule has 0 N–H and O–H groups in total. The average Bonchev–Trinajstić information content (AvgIpc) is 2.89. The van der Waals surface area contributed by atoms with Crippen molar-refractivity contribution in [2.24, 2.45) is 0 Å². The van der Waals surface area contributed by atoms with E-state index in [1.807, 2.05) is 50.3 Å². The van der Waals surface area contributed by atoms with Gasteiger partial charge in [-0.2, -0.15) is 4.31 Å². The Kier molecular flexibility index (Phi) is 4.43. The van der Waals surface area contributed by atoms with E-state index in [9.17, 15) is 13.2 Å². The first kappa shape index (κ1) is 18.9. The number of amides is 1. The van der Waals surface area contributed by atoms with Gasteiger partial charge in [-0.15, -0.1) is 0 Å². The van der Waals surface area contributed by atoms with Crippen molar-refractivity contribution in [3.63, 3.8) is 0 Å². The van der Waals surface area contributed by atoms with Gasteiger partial charge in [-0.05, 0) is 55.2 Å². The topological polar surface area (TPSA) is 57.7 Å². The molecular weight excluding hydrogens is 372 g/mol. The van der Waals surface area contributed by atoms with Crippen molar-refractivity contribution in [2.75, 3.05) is 25.0 Å². The number of carbonyl (C=O) groups excluding carboxylic acids is 1. The van der Waals surface area contributed by atoms with Crippen LogP contribution in [-0.2, 0) is 20.2 Å². The van der Waals surface area contributed by atoms with Gasteiger partial charge in [-0.3, -0.25) is 4.79 Å². The smallest absolute Gasteiger partial charge is 0.243 e. The van der Waals surface area contributed by atoms with Crippen molar-refractivity contribution >= 4 is 27.2 Å². The molecule has 6 heteroatoms. The van der Waals surface area contributed by atoms with Crippen molar-refractivity contribution in [3.05, 3.63) is 65.7 Å². The molecule has 28 heavy (non-hydrogen) atoms. The van der Waals surface area contributed by atoms with E-state index in [0.29, 0.717) is 19.5 Å². The van der Waals surface area contributed by atoms with Gasteiger partial charge in [0.2, 0.25) is 15.9 Å². The van der Waals surface area contributed by atoms with Gasteiger partial charge < -0.3 is 4.90 Å². The minimum atomic E-state index is -3.62. The van der Waals surface area contributed by atoms with E-state index in [-0.39, 0.29) is 10.8 Å². The van der Waals surface area contributed by atoms with Gasteiger partial charge in [0.05, 0.1) is 10.3 Å². The maximum absolute atomic E-state index is 13.2. The largest absolute Gasteiger partial charge is 0.314 e. The van der Waals surface area contributed by atoms with Crippen LogP contribution in [-0.4, -0.2) is 38.8 Å². The third-order valence-corrected chi connectivity index (χ3v) is 7.66. The summed E-state index contributed by atoms with van der Waals surface area (Å²) in [5, 5.41) is 0. The van der Waals surface area contributed by atoms with Crippen molar-refractivity contribution in [1.29, 1.82) is 0 Å². The molecule has 0 fully saturated rings. The number of hydrogen-bond acceptors (Lipinski definition) is 3. The first-order chi connectivity index (χ1) is 13.2. The Bertz CT molecular complexity index is 1070. The van der Waals surface area contributed by atoms with Crippen LogP contribution in [0.2, 0.25) is 0 Å². The molecule has 2 aliphatic heterocycles. The number of likely N-dealkylation sites (N-methyl/N-ethyl adjacent to an activating group) is 1. The Labute approximate surface area is 166 Å². The molecule has 0 unspecified atom stereocenters. The molecule has 2 aromatic carbocycles. The van der Waals surface area contributed by atoms with E-state index in [0.717, 1.165) is 16.8 Å². The van der Waals surface area contributed by atoms with E-state index >= 15 is 0 Å². The van der Waals surface area contributed by atoms with Crippen LogP contribution in [0.4, 0.5) is 5.69 Å². The molecule has 2 aromatic rings. The molecule has 0 aliphatic carbocycles. The van der Waals surface area contributed by atoms with Crippen LogP contribution in [0.1, 0.15) is 31.4 Å². The molecule has 0 atom stereocenters. The number of anilines is 1. The maximum Gasteiger partial charge on any atom is 0.243 e. The summed E-state index contributed by atoms with van der Waals surface area (Å²) in [6.07, 6.45) is 2.67. The van der Waals surface area contributed by atoms with Crippen molar-refractivity contribution in [1.82, 2.24) is 4.31 Å². The predicted octanol–water partition coefficient (Wildman–Crippen LogP) is 3.42. The lowest BCUT2D eigenvalue weighted by atomic mass is 9.86. The fraction of sp³-hybridized carbons (Fsp3) is 0.318. The fourth-order valence-electron chi connectivity index (χ4n) is 4.04. The van der Waals surface area contributed by atoms with Crippen LogP contribution < -0.4 is 4.90 Å². The highest BCUT2D eigenvalue weighted by atomic mass is 32.2. The summed E-state index contributed by atoms with van der Waals surface area (Å²) < 4.78 is 27.9. The molecule has 2 aliphatic rings. The molecule has 4 rings (SSSR count). The maximum atomic E-state index is 13.2. The monoisotopic (exact) mass is 396 g/mol. The van der Waals surface area contributed by atoms with Gasteiger partial charge in [0.25, 0.3) is 0 Å². The van der Waals surface area contributed by atoms with E-state index in [2.05, 4.69) is 0 Å². The lowest BCUT2D eigenvalue weighted by Gasteiger charge is -2.26. The summed E-state index contributed by atoms with van der Waals surface area (Å²) >= 11 is 0. The SMILES string of the molecule is CN1C(=O)C(C)(C)c2cc(S(=O)(=O)N3CC=C(c4ccccc4)CC3)ccc21. The second kappa shape index (κ2) is 6.57. The van der Waals surface area contributed by atoms with E-state index in [4.69, 9.17) is 0 Å². The number of rotatable bonds is 3. The summed E-state index contributed by atoms with van der Waals surface area (Å²) in [7, 11) is -1.89. The Morgan fingerprint density at radius 2 is 1.75 bits per heavy atom. The Morgan fingerprint density at radius 1 is 1.04 bits per heavy atom. The van der Waals surface area contributed by atoms with E-state index in [1.54, 1.807) is 30.1 Å². The fourth-order valence-corrected chi connectivity index (χ4v) is 5.45. The molecule has 0 saturated heterocycles. The van der Waals surface area contributed by atoms with Crippen LogP contribution in [0.25, 0.3) is 5.57 Å². The molecule has 1 amide bonds. The molecule has 0 aromatic heterocycles. The molecule has 0 radical (unpaired) electrons. The number of carbonyl (C=O) groups is 1. The van der Waals surface area contributed by atoms with Gasteiger partial charge in [0, 0.05) is 25.8 Å². The van der Waals surface area contributed by atoms with Gasteiger partial charge >= 0.3 is 0 Å². The minimum Gasteiger partial charge on any atom is -0.314 e. The summed E-state index contributed by atoms with van der Waals surface area (Å²) in [5.41, 5.74) is 3.13. The number of fused-ring (bicyclic) bond motifs is 1. The third-order valence-electron chi connectivity index (χ3n) is 5.80. The second-order valence-electron chi connectivity index (χ2n) is 7.88. The predicted molar refractivity (Wildman–Crippen MR) is 111 cm³/mol. The lowest BCUT2D eigenvalue weighted by molar-refractivity contribution is -0.121. The number of benzene rings is 2. The molecule has 0 bridgehead atoms. The van der Waals surface area contributed by atoms with E-state index < -0.39 is 15.4 Å². The highest BCUT2D eigenvalue weighted by molar-refractivity contribution is 7.89. The van der Waals surface area contributed by atoms with Gasteiger partial charge in [0.15, 0.2) is 0 Å². The quantitative estimate of drug-likeness (QED) is 0.799. The first-order valence-electron chi connectivity index (χ1n) is 9.40. The molecule has 0 saturated carbocycles. The van der Waals surface area contributed by atoms with Crippen LogP contribution in [0.3, 0.4) is 0 Å². The number of sulfonamides is 1. The van der Waals surface area contributed by atoms with Crippen molar-refractivity contribution in [3.8, 4) is 0 Å². The Balaban J connectivity index is 1.63.